The summed E-state index contributed by atoms with van der Waals surface area (Å²) in [5.41, 5.74) is 6.93. The highest BCUT2D eigenvalue weighted by molar-refractivity contribution is 5.34. The van der Waals surface area contributed by atoms with Crippen molar-refractivity contribution >= 4 is 5.69 Å². The minimum absolute atomic E-state index is 0.149. The molecular formula is C13H20N4O2. The van der Waals surface area contributed by atoms with Crippen molar-refractivity contribution in [2.75, 3.05) is 33.2 Å². The zero-order valence-corrected chi connectivity index (χ0v) is 11.2. The van der Waals surface area contributed by atoms with Crippen LogP contribution in [-0.4, -0.2) is 54.0 Å². The van der Waals surface area contributed by atoms with Gasteiger partial charge in [-0.05, 0) is 12.6 Å². The number of rotatable bonds is 4. The Bertz CT molecular complexity index is 452. The Morgan fingerprint density at radius 1 is 1.47 bits per heavy atom. The van der Waals surface area contributed by atoms with E-state index < -0.39 is 0 Å². The Morgan fingerprint density at radius 3 is 2.95 bits per heavy atom. The van der Waals surface area contributed by atoms with E-state index in [1.54, 1.807) is 12.1 Å². The van der Waals surface area contributed by atoms with E-state index in [-0.39, 0.29) is 10.6 Å². The number of nitro groups is 1. The lowest BCUT2D eigenvalue weighted by atomic mass is 10.1. The van der Waals surface area contributed by atoms with Gasteiger partial charge in [-0.2, -0.15) is 0 Å². The zero-order chi connectivity index (χ0) is 13.8. The number of piperazine rings is 1. The molecule has 1 aromatic rings. The third-order valence-electron chi connectivity index (χ3n) is 3.59. The van der Waals surface area contributed by atoms with Gasteiger partial charge in [0.25, 0.3) is 5.69 Å². The predicted octanol–water partition coefficient (Wildman–Crippen LogP) is 0.669. The third-order valence-corrected chi connectivity index (χ3v) is 3.59. The Balaban J connectivity index is 2.07. The number of likely N-dealkylation sites (N-methyl/N-ethyl adjacent to an activating group) is 1. The molecule has 2 rings (SSSR count). The quantitative estimate of drug-likeness (QED) is 0.639. The maximum absolute atomic E-state index is 10.8. The van der Waals surface area contributed by atoms with Gasteiger partial charge in [0.05, 0.1) is 4.92 Å². The van der Waals surface area contributed by atoms with Gasteiger partial charge in [-0.1, -0.05) is 12.1 Å². The van der Waals surface area contributed by atoms with Gasteiger partial charge in [-0.3, -0.25) is 15.0 Å². The lowest BCUT2D eigenvalue weighted by Crippen LogP contribution is -2.54. The van der Waals surface area contributed by atoms with E-state index in [0.717, 1.165) is 31.7 Å². The summed E-state index contributed by atoms with van der Waals surface area (Å²) in [6.07, 6.45) is 0. The molecule has 6 nitrogen and oxygen atoms in total. The van der Waals surface area contributed by atoms with Crippen molar-refractivity contribution in [2.24, 2.45) is 5.73 Å². The normalized spacial score (nSPS) is 21.5. The van der Waals surface area contributed by atoms with Crippen LogP contribution in [0.4, 0.5) is 5.69 Å². The molecule has 1 fully saturated rings. The van der Waals surface area contributed by atoms with Crippen molar-refractivity contribution in [2.45, 2.75) is 12.6 Å². The first kappa shape index (κ1) is 13.9. The van der Waals surface area contributed by atoms with Crippen LogP contribution in [0.15, 0.2) is 24.3 Å². The fourth-order valence-electron chi connectivity index (χ4n) is 2.48. The second-order valence-electron chi connectivity index (χ2n) is 5.05. The number of non-ortho nitro benzene ring substituents is 1. The van der Waals surface area contributed by atoms with Gasteiger partial charge in [0.15, 0.2) is 0 Å². The van der Waals surface area contributed by atoms with E-state index in [0.29, 0.717) is 12.6 Å². The molecule has 1 heterocycles. The van der Waals surface area contributed by atoms with Crippen LogP contribution >= 0.6 is 0 Å². The summed E-state index contributed by atoms with van der Waals surface area (Å²) < 4.78 is 0. The molecule has 0 radical (unpaired) electrons. The minimum atomic E-state index is -0.353. The van der Waals surface area contributed by atoms with E-state index in [2.05, 4.69) is 16.8 Å². The van der Waals surface area contributed by atoms with Crippen LogP contribution in [0.2, 0.25) is 0 Å². The Morgan fingerprint density at radius 2 is 2.26 bits per heavy atom. The first-order valence-corrected chi connectivity index (χ1v) is 6.46. The average Bonchev–Trinajstić information content (AvgIpc) is 2.41. The topological polar surface area (TPSA) is 75.6 Å². The molecule has 104 valence electrons. The molecule has 0 amide bonds. The first-order chi connectivity index (χ1) is 9.10. The van der Waals surface area contributed by atoms with E-state index in [1.165, 1.54) is 6.07 Å². The van der Waals surface area contributed by atoms with E-state index in [9.17, 15) is 10.1 Å². The summed E-state index contributed by atoms with van der Waals surface area (Å²) in [6.45, 7) is 4.23. The van der Waals surface area contributed by atoms with Crippen molar-refractivity contribution in [3.8, 4) is 0 Å². The van der Waals surface area contributed by atoms with Gasteiger partial charge in [-0.25, -0.2) is 0 Å². The van der Waals surface area contributed by atoms with Crippen LogP contribution < -0.4 is 5.73 Å². The van der Waals surface area contributed by atoms with E-state index in [1.807, 2.05) is 6.07 Å². The number of hydrogen-bond donors (Lipinski definition) is 1. The summed E-state index contributed by atoms with van der Waals surface area (Å²) in [6, 6.07) is 7.15. The molecule has 0 saturated carbocycles. The molecule has 6 heteroatoms. The minimum Gasteiger partial charge on any atom is -0.329 e. The van der Waals surface area contributed by atoms with E-state index >= 15 is 0 Å². The van der Waals surface area contributed by atoms with Crippen LogP contribution in [0.25, 0.3) is 0 Å². The number of hydrogen-bond acceptors (Lipinski definition) is 5. The summed E-state index contributed by atoms with van der Waals surface area (Å²) in [5, 5.41) is 10.8. The molecule has 1 saturated heterocycles. The Hall–Kier alpha value is -1.50. The van der Waals surface area contributed by atoms with Crippen molar-refractivity contribution in [3.05, 3.63) is 39.9 Å². The lowest BCUT2D eigenvalue weighted by molar-refractivity contribution is -0.384. The maximum Gasteiger partial charge on any atom is 0.269 e. The fraction of sp³-hybridized carbons (Fsp3) is 0.538. The standard InChI is InChI=1S/C13H20N4O2/c1-15-5-6-16(13(8-14)10-15)9-11-3-2-4-12(7-11)17(18)19/h2-4,7,13H,5-6,8-10,14H2,1H3. The van der Waals surface area contributed by atoms with Crippen molar-refractivity contribution in [3.63, 3.8) is 0 Å². The number of nitro benzene ring substituents is 1. The molecular weight excluding hydrogens is 244 g/mol. The van der Waals surface area contributed by atoms with Crippen LogP contribution in [-0.2, 0) is 6.54 Å². The van der Waals surface area contributed by atoms with Crippen molar-refractivity contribution in [1.82, 2.24) is 9.80 Å². The van der Waals surface area contributed by atoms with Crippen molar-refractivity contribution in [1.29, 1.82) is 0 Å². The molecule has 0 spiro atoms. The Kier molecular flexibility index (Phi) is 4.47. The molecule has 1 atom stereocenters. The average molecular weight is 264 g/mol. The second kappa shape index (κ2) is 6.10. The summed E-state index contributed by atoms with van der Waals surface area (Å²) >= 11 is 0. The number of nitrogens with zero attached hydrogens (tertiary/aromatic N) is 3. The van der Waals surface area contributed by atoms with Gasteiger partial charge in [-0.15, -0.1) is 0 Å². The van der Waals surface area contributed by atoms with Crippen LogP contribution in [0.1, 0.15) is 5.56 Å². The smallest absolute Gasteiger partial charge is 0.269 e. The van der Waals surface area contributed by atoms with Crippen molar-refractivity contribution < 1.29 is 4.92 Å². The molecule has 0 aliphatic carbocycles. The third kappa shape index (κ3) is 3.50. The second-order valence-corrected chi connectivity index (χ2v) is 5.05. The zero-order valence-electron chi connectivity index (χ0n) is 11.2. The lowest BCUT2D eigenvalue weighted by Gasteiger charge is -2.39. The fourth-order valence-corrected chi connectivity index (χ4v) is 2.48. The molecule has 1 aromatic carbocycles. The van der Waals surface area contributed by atoms with Gasteiger partial charge in [0.1, 0.15) is 0 Å². The molecule has 1 aliphatic heterocycles. The number of nitrogens with two attached hydrogens (primary N) is 1. The van der Waals surface area contributed by atoms with Crippen LogP contribution in [0.5, 0.6) is 0 Å². The van der Waals surface area contributed by atoms with Gasteiger partial charge >= 0.3 is 0 Å². The first-order valence-electron chi connectivity index (χ1n) is 6.46. The van der Waals surface area contributed by atoms with E-state index in [4.69, 9.17) is 5.73 Å². The summed E-state index contributed by atoms with van der Waals surface area (Å²) in [4.78, 5) is 15.0. The molecule has 0 bridgehead atoms. The molecule has 2 N–H and O–H groups in total. The van der Waals surface area contributed by atoms with Gasteiger partial charge in [0.2, 0.25) is 0 Å². The number of benzene rings is 1. The van der Waals surface area contributed by atoms with Crippen LogP contribution in [0, 0.1) is 10.1 Å². The summed E-state index contributed by atoms with van der Waals surface area (Å²) in [7, 11) is 2.09. The highest BCUT2D eigenvalue weighted by Crippen LogP contribution is 2.17. The van der Waals surface area contributed by atoms with Gasteiger partial charge < -0.3 is 10.6 Å². The molecule has 1 unspecified atom stereocenters. The largest absolute Gasteiger partial charge is 0.329 e. The monoisotopic (exact) mass is 264 g/mol. The highest BCUT2D eigenvalue weighted by Gasteiger charge is 2.24. The molecule has 0 aromatic heterocycles. The Labute approximate surface area is 112 Å². The molecule has 1 aliphatic rings. The maximum atomic E-state index is 10.8. The van der Waals surface area contributed by atoms with Gasteiger partial charge in [0, 0.05) is 50.9 Å². The van der Waals surface area contributed by atoms with Crippen LogP contribution in [0.3, 0.4) is 0 Å². The SMILES string of the molecule is CN1CCN(Cc2cccc([N+](=O)[O-])c2)C(CN)C1. The highest BCUT2D eigenvalue weighted by atomic mass is 16.6. The summed E-state index contributed by atoms with van der Waals surface area (Å²) in [5.74, 6) is 0. The molecule has 19 heavy (non-hydrogen) atoms. The predicted molar refractivity (Wildman–Crippen MR) is 73.8 cm³/mol.